The van der Waals surface area contributed by atoms with Gasteiger partial charge in [-0.05, 0) is 55.7 Å². The van der Waals surface area contributed by atoms with Gasteiger partial charge in [0, 0.05) is 23.8 Å². The smallest absolute Gasteiger partial charge is 0.224 e. The summed E-state index contributed by atoms with van der Waals surface area (Å²) in [6.07, 6.45) is 4.27. The Morgan fingerprint density at radius 2 is 1.90 bits per heavy atom. The van der Waals surface area contributed by atoms with Crippen LogP contribution in [0.3, 0.4) is 0 Å². The maximum absolute atomic E-state index is 11.6. The van der Waals surface area contributed by atoms with Crippen LogP contribution in [0.1, 0.15) is 52.0 Å². The molecule has 21 heavy (non-hydrogen) atoms. The molecule has 3 unspecified atom stereocenters. The van der Waals surface area contributed by atoms with E-state index >= 15 is 0 Å². The molecule has 0 radical (unpaired) electrons. The number of carbonyl (C=O) groups excluding carboxylic acids is 1. The second-order valence-corrected chi connectivity index (χ2v) is 6.49. The average molecular weight is 288 g/mol. The minimum atomic E-state index is 0.0652. The van der Waals surface area contributed by atoms with Gasteiger partial charge in [-0.25, -0.2) is 0 Å². The molecule has 116 valence electrons. The van der Waals surface area contributed by atoms with Crippen molar-refractivity contribution < 1.29 is 4.79 Å². The highest BCUT2D eigenvalue weighted by Crippen LogP contribution is 2.32. The Hall–Kier alpha value is -1.51. The summed E-state index contributed by atoms with van der Waals surface area (Å²) in [5.41, 5.74) is 3.20. The van der Waals surface area contributed by atoms with Gasteiger partial charge >= 0.3 is 0 Å². The van der Waals surface area contributed by atoms with Gasteiger partial charge < -0.3 is 10.6 Å². The molecule has 3 heteroatoms. The highest BCUT2D eigenvalue weighted by molar-refractivity contribution is 5.92. The number of nitrogens with one attached hydrogen (secondary N) is 2. The molecular weight excluding hydrogens is 260 g/mol. The first-order chi connectivity index (χ1) is 10.0. The standard InChI is InChI=1S/C18H28N2O/c1-5-18(21)20-17-8-6-7-16(14(17)4)19-15-10-9-12(2)13(3)11-15/h6-8,12-13,15,19H,5,9-11H2,1-4H3,(H,20,21). The van der Waals surface area contributed by atoms with Gasteiger partial charge in [0.25, 0.3) is 0 Å². The SMILES string of the molecule is CCC(=O)Nc1cccc(NC2CCC(C)C(C)C2)c1C. The monoisotopic (exact) mass is 288 g/mol. The predicted molar refractivity (Wildman–Crippen MR) is 89.7 cm³/mol. The van der Waals surface area contributed by atoms with Crippen molar-refractivity contribution in [3.05, 3.63) is 23.8 Å². The van der Waals surface area contributed by atoms with E-state index in [2.05, 4.69) is 37.5 Å². The van der Waals surface area contributed by atoms with Crippen LogP contribution in [0.5, 0.6) is 0 Å². The molecule has 1 aliphatic rings. The van der Waals surface area contributed by atoms with Crippen molar-refractivity contribution in [1.82, 2.24) is 0 Å². The quantitative estimate of drug-likeness (QED) is 0.851. The molecule has 0 spiro atoms. The Morgan fingerprint density at radius 3 is 2.57 bits per heavy atom. The minimum Gasteiger partial charge on any atom is -0.382 e. The highest BCUT2D eigenvalue weighted by Gasteiger charge is 2.24. The lowest BCUT2D eigenvalue weighted by atomic mass is 9.79. The van der Waals surface area contributed by atoms with Crippen LogP contribution in [0.2, 0.25) is 0 Å². The Morgan fingerprint density at radius 1 is 1.19 bits per heavy atom. The lowest BCUT2D eigenvalue weighted by molar-refractivity contribution is -0.115. The van der Waals surface area contributed by atoms with Gasteiger partial charge in [-0.2, -0.15) is 0 Å². The number of hydrogen-bond donors (Lipinski definition) is 2. The third kappa shape index (κ3) is 3.99. The zero-order valence-electron chi connectivity index (χ0n) is 13.7. The molecule has 0 heterocycles. The first-order valence-electron chi connectivity index (χ1n) is 8.17. The molecule has 0 aliphatic heterocycles. The maximum atomic E-state index is 11.6. The first kappa shape index (κ1) is 15.9. The van der Waals surface area contributed by atoms with Crippen LogP contribution < -0.4 is 10.6 Å². The van der Waals surface area contributed by atoms with E-state index in [-0.39, 0.29) is 5.91 Å². The van der Waals surface area contributed by atoms with Crippen LogP contribution in [0.15, 0.2) is 18.2 Å². The number of benzene rings is 1. The molecular formula is C18H28N2O. The fourth-order valence-electron chi connectivity index (χ4n) is 3.06. The van der Waals surface area contributed by atoms with Gasteiger partial charge in [0.05, 0.1) is 0 Å². The summed E-state index contributed by atoms with van der Waals surface area (Å²) < 4.78 is 0. The van der Waals surface area contributed by atoms with E-state index in [1.807, 2.05) is 19.1 Å². The second-order valence-electron chi connectivity index (χ2n) is 6.49. The molecule has 3 atom stereocenters. The molecule has 1 amide bonds. The Bertz CT molecular complexity index is 498. The number of anilines is 2. The summed E-state index contributed by atoms with van der Waals surface area (Å²) >= 11 is 0. The zero-order chi connectivity index (χ0) is 15.4. The van der Waals surface area contributed by atoms with Gasteiger partial charge in [-0.3, -0.25) is 4.79 Å². The molecule has 2 rings (SSSR count). The van der Waals surface area contributed by atoms with E-state index in [1.54, 1.807) is 0 Å². The van der Waals surface area contributed by atoms with Gasteiger partial charge in [-0.1, -0.05) is 26.8 Å². The zero-order valence-corrected chi connectivity index (χ0v) is 13.7. The Labute approximate surface area is 128 Å². The first-order valence-corrected chi connectivity index (χ1v) is 8.17. The van der Waals surface area contributed by atoms with E-state index in [9.17, 15) is 4.79 Å². The molecule has 1 aliphatic carbocycles. The van der Waals surface area contributed by atoms with Crippen LogP contribution in [0.4, 0.5) is 11.4 Å². The Balaban J connectivity index is 2.06. The largest absolute Gasteiger partial charge is 0.382 e. The van der Waals surface area contributed by atoms with Crippen molar-refractivity contribution in [1.29, 1.82) is 0 Å². The van der Waals surface area contributed by atoms with E-state index in [0.717, 1.165) is 28.8 Å². The summed E-state index contributed by atoms with van der Waals surface area (Å²) in [5.74, 6) is 1.68. The third-order valence-corrected chi connectivity index (χ3v) is 4.89. The molecule has 1 aromatic rings. The summed E-state index contributed by atoms with van der Waals surface area (Å²) in [7, 11) is 0. The van der Waals surface area contributed by atoms with Gasteiger partial charge in [0.1, 0.15) is 0 Å². The van der Waals surface area contributed by atoms with Gasteiger partial charge in [-0.15, -0.1) is 0 Å². The summed E-state index contributed by atoms with van der Waals surface area (Å²) in [5, 5.41) is 6.65. The van der Waals surface area contributed by atoms with Crippen LogP contribution >= 0.6 is 0 Å². The summed E-state index contributed by atoms with van der Waals surface area (Å²) in [6.45, 7) is 8.65. The number of amides is 1. The molecule has 3 nitrogen and oxygen atoms in total. The topological polar surface area (TPSA) is 41.1 Å². The molecule has 0 saturated heterocycles. The number of carbonyl (C=O) groups is 1. The molecule has 0 bridgehead atoms. The van der Waals surface area contributed by atoms with E-state index in [4.69, 9.17) is 0 Å². The van der Waals surface area contributed by atoms with Crippen molar-refractivity contribution >= 4 is 17.3 Å². The summed E-state index contributed by atoms with van der Waals surface area (Å²) in [6, 6.07) is 6.64. The third-order valence-electron chi connectivity index (χ3n) is 4.89. The lowest BCUT2D eigenvalue weighted by Crippen LogP contribution is -2.30. The second kappa shape index (κ2) is 6.97. The van der Waals surface area contributed by atoms with Crippen molar-refractivity contribution in [3.63, 3.8) is 0 Å². The normalized spacial score (nSPS) is 25.4. The summed E-state index contributed by atoms with van der Waals surface area (Å²) in [4.78, 5) is 11.6. The number of rotatable bonds is 4. The van der Waals surface area contributed by atoms with E-state index in [0.29, 0.717) is 12.5 Å². The molecule has 1 fully saturated rings. The molecule has 1 saturated carbocycles. The van der Waals surface area contributed by atoms with Crippen molar-refractivity contribution in [2.45, 2.75) is 59.4 Å². The average Bonchev–Trinajstić information content (AvgIpc) is 2.47. The minimum absolute atomic E-state index is 0.0652. The fourth-order valence-corrected chi connectivity index (χ4v) is 3.06. The highest BCUT2D eigenvalue weighted by atomic mass is 16.1. The van der Waals surface area contributed by atoms with E-state index in [1.165, 1.54) is 19.3 Å². The van der Waals surface area contributed by atoms with Crippen molar-refractivity contribution in [2.75, 3.05) is 10.6 Å². The van der Waals surface area contributed by atoms with Crippen LogP contribution in [0, 0.1) is 18.8 Å². The van der Waals surface area contributed by atoms with Gasteiger partial charge in [0.2, 0.25) is 5.91 Å². The van der Waals surface area contributed by atoms with Gasteiger partial charge in [0.15, 0.2) is 0 Å². The van der Waals surface area contributed by atoms with Crippen LogP contribution in [-0.4, -0.2) is 11.9 Å². The lowest BCUT2D eigenvalue weighted by Gasteiger charge is -2.33. The van der Waals surface area contributed by atoms with E-state index < -0.39 is 0 Å². The van der Waals surface area contributed by atoms with Crippen LogP contribution in [-0.2, 0) is 4.79 Å². The fraction of sp³-hybridized carbons (Fsp3) is 0.611. The molecule has 2 N–H and O–H groups in total. The number of hydrogen-bond acceptors (Lipinski definition) is 2. The maximum Gasteiger partial charge on any atom is 0.224 e. The van der Waals surface area contributed by atoms with Crippen molar-refractivity contribution in [2.24, 2.45) is 11.8 Å². The molecule has 0 aromatic heterocycles. The van der Waals surface area contributed by atoms with Crippen LogP contribution in [0.25, 0.3) is 0 Å². The molecule has 1 aromatic carbocycles. The Kier molecular flexibility index (Phi) is 5.27. The predicted octanol–water partition coefficient (Wildman–Crippen LogP) is 4.58. The van der Waals surface area contributed by atoms with Crippen molar-refractivity contribution in [3.8, 4) is 0 Å².